The normalized spacial score (nSPS) is 12.5. The molecule has 0 saturated carbocycles. The van der Waals surface area contributed by atoms with Crippen molar-refractivity contribution in [1.82, 2.24) is 10.8 Å². The van der Waals surface area contributed by atoms with E-state index in [0.717, 1.165) is 0 Å². The van der Waals surface area contributed by atoms with E-state index in [1.54, 1.807) is 41.5 Å². The molecule has 2 amide bonds. The topological polar surface area (TPSA) is 112 Å². The number of rotatable bonds is 9. The van der Waals surface area contributed by atoms with Gasteiger partial charge in [-0.05, 0) is 54.4 Å². The van der Waals surface area contributed by atoms with Gasteiger partial charge in [0.25, 0.3) is 0 Å². The van der Waals surface area contributed by atoms with Crippen LogP contribution in [0.15, 0.2) is 12.7 Å². The van der Waals surface area contributed by atoms with E-state index in [4.69, 9.17) is 14.3 Å². The summed E-state index contributed by atoms with van der Waals surface area (Å²) in [7, 11) is 0. The molecule has 0 saturated heterocycles. The summed E-state index contributed by atoms with van der Waals surface area (Å²) in [5, 5.41) is 2.51. The van der Waals surface area contributed by atoms with Crippen molar-refractivity contribution in [3.63, 3.8) is 0 Å². The summed E-state index contributed by atoms with van der Waals surface area (Å²) in [6, 6.07) is -0.907. The van der Waals surface area contributed by atoms with Crippen LogP contribution in [0.2, 0.25) is 0 Å². The second-order valence-electron chi connectivity index (χ2n) is 7.71. The molecule has 0 aromatic rings. The second kappa shape index (κ2) is 11.4. The lowest BCUT2D eigenvalue weighted by Crippen LogP contribution is -2.46. The van der Waals surface area contributed by atoms with Crippen LogP contribution in [0, 0.1) is 0 Å². The quantitative estimate of drug-likeness (QED) is 0.205. The Kier molecular flexibility index (Phi) is 10.5. The number of hydrogen-bond acceptors (Lipinski definition) is 7. The molecule has 9 nitrogen and oxygen atoms in total. The summed E-state index contributed by atoms with van der Waals surface area (Å²) in [6.07, 6.45) is 0.558. The Balaban J connectivity index is 4.54. The minimum Gasteiger partial charge on any atom is -0.458 e. The van der Waals surface area contributed by atoms with E-state index in [9.17, 15) is 14.4 Å². The average molecular weight is 388 g/mol. The van der Waals surface area contributed by atoms with E-state index in [-0.39, 0.29) is 19.6 Å². The van der Waals surface area contributed by atoms with Crippen LogP contribution in [-0.4, -0.2) is 48.6 Å². The summed E-state index contributed by atoms with van der Waals surface area (Å²) in [4.78, 5) is 40.4. The number of nitrogens with one attached hydrogen (secondary N) is 2. The monoisotopic (exact) mass is 388 g/mol. The van der Waals surface area contributed by atoms with Gasteiger partial charge in [-0.1, -0.05) is 12.7 Å². The zero-order valence-corrected chi connectivity index (χ0v) is 17.0. The first-order valence-corrected chi connectivity index (χ1v) is 8.72. The fourth-order valence-corrected chi connectivity index (χ4v) is 1.71. The molecule has 0 rings (SSSR count). The minimum absolute atomic E-state index is 0.0652. The molecule has 9 heteroatoms. The molecule has 0 aromatic heterocycles. The Morgan fingerprint density at radius 3 is 2.11 bits per heavy atom. The molecule has 1 unspecified atom stereocenters. The van der Waals surface area contributed by atoms with Crippen LogP contribution >= 0.6 is 0 Å². The average Bonchev–Trinajstić information content (AvgIpc) is 2.47. The van der Waals surface area contributed by atoms with Gasteiger partial charge in [0.2, 0.25) is 0 Å². The Morgan fingerprint density at radius 2 is 1.59 bits per heavy atom. The van der Waals surface area contributed by atoms with E-state index in [2.05, 4.69) is 22.1 Å². The maximum Gasteiger partial charge on any atom is 0.431 e. The first kappa shape index (κ1) is 24.7. The van der Waals surface area contributed by atoms with E-state index < -0.39 is 35.4 Å². The van der Waals surface area contributed by atoms with Gasteiger partial charge in [0.15, 0.2) is 0 Å². The van der Waals surface area contributed by atoms with Crippen molar-refractivity contribution in [3.8, 4) is 0 Å². The van der Waals surface area contributed by atoms with Crippen LogP contribution in [0.1, 0.15) is 54.4 Å². The summed E-state index contributed by atoms with van der Waals surface area (Å²) < 4.78 is 15.2. The van der Waals surface area contributed by atoms with Crippen molar-refractivity contribution in [3.05, 3.63) is 12.7 Å². The van der Waals surface area contributed by atoms with Gasteiger partial charge < -0.3 is 19.5 Å². The fraction of sp³-hybridized carbons (Fsp3) is 0.722. The third-order valence-corrected chi connectivity index (χ3v) is 2.61. The van der Waals surface area contributed by atoms with Gasteiger partial charge >= 0.3 is 18.2 Å². The molecule has 0 bridgehead atoms. The zero-order chi connectivity index (χ0) is 21.1. The van der Waals surface area contributed by atoms with E-state index in [0.29, 0.717) is 6.42 Å². The van der Waals surface area contributed by atoms with E-state index in [1.807, 2.05) is 0 Å². The molecular weight excluding hydrogens is 356 g/mol. The number of ether oxygens (including phenoxy) is 3. The van der Waals surface area contributed by atoms with Crippen molar-refractivity contribution in [2.45, 2.75) is 71.6 Å². The van der Waals surface area contributed by atoms with Crippen molar-refractivity contribution in [2.75, 3.05) is 13.2 Å². The smallest absolute Gasteiger partial charge is 0.431 e. The zero-order valence-electron chi connectivity index (χ0n) is 17.0. The number of hydroxylamine groups is 1. The lowest BCUT2D eigenvalue weighted by atomic mass is 10.1. The first-order chi connectivity index (χ1) is 12.3. The third-order valence-electron chi connectivity index (χ3n) is 2.61. The van der Waals surface area contributed by atoms with Crippen LogP contribution < -0.4 is 10.8 Å². The highest BCUT2D eigenvalue weighted by molar-refractivity contribution is 5.81. The fourth-order valence-electron chi connectivity index (χ4n) is 1.71. The Bertz CT molecular complexity index is 507. The molecule has 27 heavy (non-hydrogen) atoms. The first-order valence-electron chi connectivity index (χ1n) is 8.72. The Hall–Kier alpha value is -2.29. The molecule has 2 N–H and O–H groups in total. The highest BCUT2D eigenvalue weighted by Gasteiger charge is 2.28. The van der Waals surface area contributed by atoms with Gasteiger partial charge in [-0.15, -0.1) is 0 Å². The van der Waals surface area contributed by atoms with Crippen molar-refractivity contribution < 1.29 is 33.4 Å². The predicted molar refractivity (Wildman–Crippen MR) is 98.9 cm³/mol. The van der Waals surface area contributed by atoms with Crippen LogP contribution in [0.3, 0.4) is 0 Å². The number of hydrogen-bond donors (Lipinski definition) is 2. The van der Waals surface area contributed by atoms with Gasteiger partial charge in [0.1, 0.15) is 23.9 Å². The van der Waals surface area contributed by atoms with Crippen LogP contribution in [0.25, 0.3) is 0 Å². The molecule has 0 radical (unpaired) electrons. The molecule has 0 aromatic carbocycles. The van der Waals surface area contributed by atoms with Gasteiger partial charge in [0, 0.05) is 0 Å². The molecule has 0 fully saturated rings. The SMILES string of the molecule is C=CCOC(=O)NOCCCC(NC(=O)OC(C)(C)C)C(=O)OC(C)(C)C. The molecule has 0 heterocycles. The van der Waals surface area contributed by atoms with Crippen molar-refractivity contribution in [1.29, 1.82) is 0 Å². The molecule has 0 aliphatic heterocycles. The molecular formula is C18H32N2O7. The summed E-state index contributed by atoms with van der Waals surface area (Å²) in [5.74, 6) is -0.577. The predicted octanol–water partition coefficient (Wildman–Crippen LogP) is 2.85. The lowest BCUT2D eigenvalue weighted by molar-refractivity contribution is -0.157. The van der Waals surface area contributed by atoms with Gasteiger partial charge in [-0.2, -0.15) is 5.48 Å². The number of esters is 1. The Morgan fingerprint density at radius 1 is 1.00 bits per heavy atom. The van der Waals surface area contributed by atoms with E-state index in [1.165, 1.54) is 6.08 Å². The third kappa shape index (κ3) is 14.6. The lowest BCUT2D eigenvalue weighted by Gasteiger charge is -2.26. The number of amides is 2. The molecule has 0 aliphatic carbocycles. The molecule has 1 atom stereocenters. The molecule has 0 aliphatic rings. The van der Waals surface area contributed by atoms with Crippen LogP contribution in [-0.2, 0) is 23.8 Å². The number of carbonyl (C=O) groups excluding carboxylic acids is 3. The maximum atomic E-state index is 12.3. The van der Waals surface area contributed by atoms with Crippen molar-refractivity contribution >= 4 is 18.2 Å². The number of carbonyl (C=O) groups is 3. The Labute approximate surface area is 160 Å². The second-order valence-corrected chi connectivity index (χ2v) is 7.71. The van der Waals surface area contributed by atoms with Gasteiger partial charge in [-0.3, -0.25) is 4.84 Å². The molecule has 0 spiro atoms. The number of alkyl carbamates (subject to hydrolysis) is 1. The van der Waals surface area contributed by atoms with Gasteiger partial charge in [0.05, 0.1) is 6.61 Å². The summed E-state index contributed by atoms with van der Waals surface area (Å²) in [5.41, 5.74) is 0.704. The highest BCUT2D eigenvalue weighted by atomic mass is 16.7. The van der Waals surface area contributed by atoms with Gasteiger partial charge in [-0.25, -0.2) is 14.4 Å². The maximum absolute atomic E-state index is 12.3. The standard InChI is InChI=1S/C18H32N2O7/c1-8-11-24-16(23)20-25-12-9-10-13(14(21)26-17(2,3)4)19-15(22)27-18(5,6)7/h8,13H,1,9-12H2,2-7H3,(H,19,22)(H,20,23). The molecule has 156 valence electrons. The minimum atomic E-state index is -0.907. The largest absolute Gasteiger partial charge is 0.458 e. The summed E-state index contributed by atoms with van der Waals surface area (Å²) in [6.45, 7) is 14.0. The highest BCUT2D eigenvalue weighted by Crippen LogP contribution is 2.12. The van der Waals surface area contributed by atoms with E-state index >= 15 is 0 Å². The summed E-state index contributed by atoms with van der Waals surface area (Å²) >= 11 is 0. The van der Waals surface area contributed by atoms with Crippen LogP contribution in [0.5, 0.6) is 0 Å². The van der Waals surface area contributed by atoms with Crippen LogP contribution in [0.4, 0.5) is 9.59 Å². The van der Waals surface area contributed by atoms with Crippen molar-refractivity contribution in [2.24, 2.45) is 0 Å².